The van der Waals surface area contributed by atoms with Gasteiger partial charge in [0.25, 0.3) is 5.91 Å². The molecule has 4 heterocycles. The highest BCUT2D eigenvalue weighted by Crippen LogP contribution is 2.42. The van der Waals surface area contributed by atoms with E-state index in [-0.39, 0.29) is 33.5 Å². The van der Waals surface area contributed by atoms with E-state index in [0.29, 0.717) is 24.7 Å². The van der Waals surface area contributed by atoms with Crippen molar-refractivity contribution in [2.24, 2.45) is 5.92 Å². The van der Waals surface area contributed by atoms with Gasteiger partial charge in [-0.1, -0.05) is 36.2 Å². The Morgan fingerprint density at radius 2 is 1.97 bits per heavy atom. The fourth-order valence-electron chi connectivity index (χ4n) is 5.09. The van der Waals surface area contributed by atoms with Crippen molar-refractivity contribution in [1.82, 2.24) is 19.9 Å². The van der Waals surface area contributed by atoms with Crippen LogP contribution < -0.4 is 0 Å². The van der Waals surface area contributed by atoms with Crippen LogP contribution in [-0.4, -0.2) is 38.3 Å². The second kappa shape index (κ2) is 8.65. The minimum atomic E-state index is -0.766. The van der Waals surface area contributed by atoms with Crippen LogP contribution in [0.1, 0.15) is 53.1 Å². The van der Waals surface area contributed by atoms with Crippen molar-refractivity contribution in [3.63, 3.8) is 0 Å². The standard InChI is InChI=1S/C25H23Cl2FN4O/c1-13-6-7-15-11-17-23(30-14(2)31-24(17)20-5-3-4-10-29-20)18(13)12-32(15)25(33)16-8-9-19(26)22(28)21(16)27/h3-5,8-10,13,15,18H,6-7,11-12H2,1-2H3/t13-,15+,18+/m1/s1. The number of hydrogen-bond acceptors (Lipinski definition) is 4. The van der Waals surface area contributed by atoms with Crippen molar-refractivity contribution < 1.29 is 9.18 Å². The molecule has 2 aromatic heterocycles. The normalized spacial score (nSPS) is 22.0. The number of benzene rings is 1. The van der Waals surface area contributed by atoms with Gasteiger partial charge in [-0.25, -0.2) is 14.4 Å². The minimum absolute atomic E-state index is 0.0385. The molecule has 1 saturated heterocycles. The van der Waals surface area contributed by atoms with E-state index in [1.807, 2.05) is 30.0 Å². The summed E-state index contributed by atoms with van der Waals surface area (Å²) in [5, 5.41) is -0.334. The van der Waals surface area contributed by atoms with Crippen LogP contribution in [0.4, 0.5) is 4.39 Å². The Labute approximate surface area is 202 Å². The van der Waals surface area contributed by atoms with E-state index in [4.69, 9.17) is 33.2 Å². The maximum atomic E-state index is 14.4. The predicted octanol–water partition coefficient (Wildman–Crippen LogP) is 5.87. The molecule has 5 rings (SSSR count). The summed E-state index contributed by atoms with van der Waals surface area (Å²) >= 11 is 12.1. The van der Waals surface area contributed by atoms with Crippen LogP contribution >= 0.6 is 23.2 Å². The third-order valence-corrected chi connectivity index (χ3v) is 7.51. The zero-order valence-electron chi connectivity index (χ0n) is 18.4. The Bertz CT molecular complexity index is 1240. The fourth-order valence-corrected chi connectivity index (χ4v) is 5.54. The average molecular weight is 485 g/mol. The molecule has 1 amide bonds. The molecule has 3 atom stereocenters. The first-order valence-corrected chi connectivity index (χ1v) is 11.8. The monoisotopic (exact) mass is 484 g/mol. The minimum Gasteiger partial charge on any atom is -0.335 e. The summed E-state index contributed by atoms with van der Waals surface area (Å²) in [6.45, 7) is 4.59. The number of fused-ring (bicyclic) bond motifs is 5. The van der Waals surface area contributed by atoms with Gasteiger partial charge in [0, 0.05) is 30.3 Å². The lowest BCUT2D eigenvalue weighted by Crippen LogP contribution is -2.41. The Balaban J connectivity index is 1.62. The molecule has 2 aliphatic heterocycles. The van der Waals surface area contributed by atoms with Crippen LogP contribution in [0.15, 0.2) is 36.5 Å². The smallest absolute Gasteiger partial charge is 0.255 e. The van der Waals surface area contributed by atoms with Crippen LogP contribution in [0.5, 0.6) is 0 Å². The lowest BCUT2D eigenvalue weighted by molar-refractivity contribution is 0.0679. The summed E-state index contributed by atoms with van der Waals surface area (Å²) in [6.07, 6.45) is 4.19. The molecule has 0 unspecified atom stereocenters. The Morgan fingerprint density at radius 3 is 2.73 bits per heavy atom. The number of pyridine rings is 1. The zero-order chi connectivity index (χ0) is 23.3. The van der Waals surface area contributed by atoms with E-state index in [0.717, 1.165) is 35.5 Å². The highest BCUT2D eigenvalue weighted by atomic mass is 35.5. The van der Waals surface area contributed by atoms with Gasteiger partial charge in [-0.2, -0.15) is 0 Å². The summed E-state index contributed by atoms with van der Waals surface area (Å²) in [5.74, 6) is 0.00427. The van der Waals surface area contributed by atoms with Crippen molar-refractivity contribution in [1.29, 1.82) is 0 Å². The molecule has 2 bridgehead atoms. The Morgan fingerprint density at radius 1 is 1.15 bits per heavy atom. The lowest BCUT2D eigenvalue weighted by atomic mass is 9.82. The van der Waals surface area contributed by atoms with Crippen LogP contribution in [0.3, 0.4) is 0 Å². The second-order valence-corrected chi connectivity index (χ2v) is 9.68. The highest BCUT2D eigenvalue weighted by Gasteiger charge is 2.41. The number of hydrogen-bond donors (Lipinski definition) is 0. The van der Waals surface area contributed by atoms with Crippen LogP contribution in [0.25, 0.3) is 11.4 Å². The third-order valence-electron chi connectivity index (χ3n) is 6.85. The first-order chi connectivity index (χ1) is 15.8. The summed E-state index contributed by atoms with van der Waals surface area (Å²) in [5.41, 5.74) is 3.79. The average Bonchev–Trinajstić information content (AvgIpc) is 3.08. The maximum absolute atomic E-state index is 14.4. The molecule has 8 heteroatoms. The molecule has 5 nitrogen and oxygen atoms in total. The third kappa shape index (κ3) is 3.89. The van der Waals surface area contributed by atoms with Gasteiger partial charge >= 0.3 is 0 Å². The van der Waals surface area contributed by atoms with Gasteiger partial charge in [0.15, 0.2) is 5.82 Å². The van der Waals surface area contributed by atoms with Gasteiger partial charge in [0.1, 0.15) is 5.82 Å². The number of nitrogens with zero attached hydrogens (tertiary/aromatic N) is 4. The number of aryl methyl sites for hydroxylation is 1. The molecule has 33 heavy (non-hydrogen) atoms. The Kier molecular flexibility index (Phi) is 5.83. The van der Waals surface area contributed by atoms with E-state index < -0.39 is 5.82 Å². The van der Waals surface area contributed by atoms with Gasteiger partial charge < -0.3 is 4.90 Å². The molecule has 0 aliphatic carbocycles. The summed E-state index contributed by atoms with van der Waals surface area (Å²) in [6, 6.07) is 8.58. The van der Waals surface area contributed by atoms with Crippen LogP contribution in [-0.2, 0) is 6.42 Å². The molecule has 1 aromatic carbocycles. The van der Waals surface area contributed by atoms with Gasteiger partial charge in [-0.15, -0.1) is 0 Å². The molecule has 0 spiro atoms. The van der Waals surface area contributed by atoms with Crippen LogP contribution in [0.2, 0.25) is 10.0 Å². The van der Waals surface area contributed by atoms with Crippen molar-refractivity contribution in [2.75, 3.05) is 6.54 Å². The fraction of sp³-hybridized carbons (Fsp3) is 0.360. The van der Waals surface area contributed by atoms with Gasteiger partial charge in [0.05, 0.1) is 32.7 Å². The summed E-state index contributed by atoms with van der Waals surface area (Å²) in [4.78, 5) is 29.6. The van der Waals surface area contributed by atoms with Gasteiger partial charge in [-0.05, 0) is 56.4 Å². The maximum Gasteiger partial charge on any atom is 0.255 e. The van der Waals surface area contributed by atoms with Crippen molar-refractivity contribution in [3.8, 4) is 11.4 Å². The largest absolute Gasteiger partial charge is 0.335 e. The SMILES string of the molecule is Cc1nc(-c2ccccn2)c2c(n1)[C@H]1CN(C(=O)c3ccc(Cl)c(F)c3Cl)[C@@H](CC[C@H]1C)C2. The lowest BCUT2D eigenvalue weighted by Gasteiger charge is -2.30. The van der Waals surface area contributed by atoms with E-state index >= 15 is 0 Å². The van der Waals surface area contributed by atoms with Gasteiger partial charge in [-0.3, -0.25) is 9.78 Å². The molecule has 170 valence electrons. The number of halogens is 3. The van der Waals surface area contributed by atoms with Crippen molar-refractivity contribution >= 4 is 29.1 Å². The molecular formula is C25H23Cl2FN4O. The molecule has 0 N–H and O–H groups in total. The number of carbonyl (C=O) groups is 1. The molecule has 3 aromatic rings. The van der Waals surface area contributed by atoms with Crippen LogP contribution in [0, 0.1) is 18.7 Å². The molecule has 0 saturated carbocycles. The van der Waals surface area contributed by atoms with E-state index in [1.165, 1.54) is 12.1 Å². The molecule has 0 radical (unpaired) electrons. The second-order valence-electron chi connectivity index (χ2n) is 8.90. The van der Waals surface area contributed by atoms with E-state index in [1.54, 1.807) is 6.20 Å². The predicted molar refractivity (Wildman–Crippen MR) is 126 cm³/mol. The zero-order valence-corrected chi connectivity index (χ0v) is 19.9. The van der Waals surface area contributed by atoms with Gasteiger partial charge in [0.2, 0.25) is 0 Å². The summed E-state index contributed by atoms with van der Waals surface area (Å²) < 4.78 is 14.4. The van der Waals surface area contributed by atoms with Crippen molar-refractivity contribution in [3.05, 3.63) is 75.0 Å². The Hall–Kier alpha value is -2.57. The highest BCUT2D eigenvalue weighted by molar-refractivity contribution is 6.37. The number of amides is 1. The number of carbonyl (C=O) groups excluding carboxylic acids is 1. The first-order valence-electron chi connectivity index (χ1n) is 11.1. The molecule has 1 fully saturated rings. The number of rotatable bonds is 2. The molecular weight excluding hydrogens is 462 g/mol. The topological polar surface area (TPSA) is 59.0 Å². The summed E-state index contributed by atoms with van der Waals surface area (Å²) in [7, 11) is 0. The van der Waals surface area contributed by atoms with Crippen molar-refractivity contribution in [2.45, 2.75) is 45.1 Å². The van der Waals surface area contributed by atoms with E-state index in [2.05, 4.69) is 11.9 Å². The first kappa shape index (κ1) is 22.2. The number of aromatic nitrogens is 3. The quantitative estimate of drug-likeness (QED) is 0.426. The molecule has 2 aliphatic rings. The van der Waals surface area contributed by atoms with E-state index in [9.17, 15) is 9.18 Å².